The molecule has 0 radical (unpaired) electrons. The molecule has 0 fully saturated rings. The van der Waals surface area contributed by atoms with Gasteiger partial charge in [0, 0.05) is 0 Å². The summed E-state index contributed by atoms with van der Waals surface area (Å²) in [6, 6.07) is 7.31. The molecule has 132 valence electrons. The summed E-state index contributed by atoms with van der Waals surface area (Å²) in [4.78, 5) is 12.2. The standard InChI is InChI=1S/C16H12F4N2O3/c1-24-10-5-3-9(4-6-10)8-22-14(17)12(16(18,19)20)13(25-2)11(7-21)15(22)23/h3-6H,8H2,1-2H3. The molecule has 0 unspecified atom stereocenters. The number of halogens is 4. The van der Waals surface area contributed by atoms with Crippen molar-refractivity contribution in [3.05, 3.63) is 57.3 Å². The molecule has 0 spiro atoms. The number of pyridine rings is 1. The summed E-state index contributed by atoms with van der Waals surface area (Å²) in [7, 11) is 2.26. The van der Waals surface area contributed by atoms with Gasteiger partial charge in [-0.15, -0.1) is 0 Å². The average molecular weight is 356 g/mol. The SMILES string of the molecule is COc1ccc(Cn2c(F)c(C(F)(F)F)c(OC)c(C#N)c2=O)cc1. The Labute approximate surface area is 139 Å². The van der Waals surface area contributed by atoms with E-state index in [1.54, 1.807) is 0 Å². The van der Waals surface area contributed by atoms with E-state index in [1.165, 1.54) is 37.4 Å². The third kappa shape index (κ3) is 3.42. The zero-order valence-corrected chi connectivity index (χ0v) is 13.1. The highest BCUT2D eigenvalue weighted by Crippen LogP contribution is 2.38. The number of ether oxygens (including phenoxy) is 2. The van der Waals surface area contributed by atoms with E-state index < -0.39 is 41.1 Å². The minimum atomic E-state index is -5.14. The lowest BCUT2D eigenvalue weighted by Crippen LogP contribution is -2.30. The first-order chi connectivity index (χ1) is 11.7. The van der Waals surface area contributed by atoms with Crippen molar-refractivity contribution in [1.29, 1.82) is 5.26 Å². The summed E-state index contributed by atoms with van der Waals surface area (Å²) in [6.45, 7) is -0.490. The first-order valence-electron chi connectivity index (χ1n) is 6.85. The molecule has 0 aliphatic heterocycles. The Bertz CT molecular complexity index is 881. The predicted molar refractivity (Wildman–Crippen MR) is 79.0 cm³/mol. The van der Waals surface area contributed by atoms with Gasteiger partial charge < -0.3 is 9.47 Å². The lowest BCUT2D eigenvalue weighted by Gasteiger charge is -2.17. The van der Waals surface area contributed by atoms with Gasteiger partial charge in [-0.1, -0.05) is 12.1 Å². The molecule has 0 N–H and O–H groups in total. The molecule has 0 saturated carbocycles. The van der Waals surface area contributed by atoms with Gasteiger partial charge in [-0.3, -0.25) is 9.36 Å². The van der Waals surface area contributed by atoms with Crippen LogP contribution in [-0.4, -0.2) is 18.8 Å². The Morgan fingerprint density at radius 2 is 1.76 bits per heavy atom. The number of aromatic nitrogens is 1. The Hall–Kier alpha value is -3.02. The number of hydrogen-bond donors (Lipinski definition) is 0. The second kappa shape index (κ2) is 6.84. The summed E-state index contributed by atoms with van der Waals surface area (Å²) in [5.41, 5.74) is -3.56. The quantitative estimate of drug-likeness (QED) is 0.624. The van der Waals surface area contributed by atoms with E-state index in [4.69, 9.17) is 10.00 Å². The minimum absolute atomic E-state index is 0.256. The number of hydrogen-bond acceptors (Lipinski definition) is 4. The summed E-state index contributed by atoms with van der Waals surface area (Å²) in [6.07, 6.45) is -5.14. The average Bonchev–Trinajstić information content (AvgIpc) is 2.57. The second-order valence-electron chi connectivity index (χ2n) is 4.92. The van der Waals surface area contributed by atoms with Crippen molar-refractivity contribution in [2.24, 2.45) is 0 Å². The maximum atomic E-state index is 14.5. The van der Waals surface area contributed by atoms with Crippen LogP contribution in [0.4, 0.5) is 17.6 Å². The molecule has 1 heterocycles. The first kappa shape index (κ1) is 18.3. The van der Waals surface area contributed by atoms with Gasteiger partial charge in [0.1, 0.15) is 11.8 Å². The molecular weight excluding hydrogens is 344 g/mol. The van der Waals surface area contributed by atoms with E-state index in [9.17, 15) is 22.4 Å². The third-order valence-corrected chi connectivity index (χ3v) is 3.46. The maximum absolute atomic E-state index is 14.5. The molecule has 0 atom stereocenters. The third-order valence-electron chi connectivity index (χ3n) is 3.46. The summed E-state index contributed by atoms with van der Waals surface area (Å²) in [5.74, 6) is -2.45. The van der Waals surface area contributed by atoms with E-state index in [-0.39, 0.29) is 4.57 Å². The Kier molecular flexibility index (Phi) is 5.02. The van der Waals surface area contributed by atoms with Crippen LogP contribution in [0.3, 0.4) is 0 Å². The normalized spacial score (nSPS) is 11.1. The van der Waals surface area contributed by atoms with Crippen molar-refractivity contribution in [3.8, 4) is 17.6 Å². The van der Waals surface area contributed by atoms with Crippen LogP contribution in [0.2, 0.25) is 0 Å². The van der Waals surface area contributed by atoms with Crippen LogP contribution in [0.5, 0.6) is 11.5 Å². The topological polar surface area (TPSA) is 64.2 Å². The highest BCUT2D eigenvalue weighted by Gasteiger charge is 2.42. The molecule has 0 aliphatic rings. The molecule has 0 amide bonds. The van der Waals surface area contributed by atoms with Crippen LogP contribution >= 0.6 is 0 Å². The Morgan fingerprint density at radius 3 is 2.20 bits per heavy atom. The fourth-order valence-electron chi connectivity index (χ4n) is 2.28. The van der Waals surface area contributed by atoms with Crippen LogP contribution in [-0.2, 0) is 12.7 Å². The smallest absolute Gasteiger partial charge is 0.424 e. The van der Waals surface area contributed by atoms with Gasteiger partial charge in [0.25, 0.3) is 5.56 Å². The van der Waals surface area contributed by atoms with Crippen molar-refractivity contribution in [3.63, 3.8) is 0 Å². The van der Waals surface area contributed by atoms with Crippen molar-refractivity contribution in [2.75, 3.05) is 14.2 Å². The Morgan fingerprint density at radius 1 is 1.16 bits per heavy atom. The number of benzene rings is 1. The molecule has 0 bridgehead atoms. The van der Waals surface area contributed by atoms with E-state index >= 15 is 0 Å². The Balaban J connectivity index is 2.69. The van der Waals surface area contributed by atoms with Crippen molar-refractivity contribution >= 4 is 0 Å². The molecule has 2 aromatic rings. The molecule has 1 aromatic heterocycles. The summed E-state index contributed by atoms with van der Waals surface area (Å²) in [5, 5.41) is 9.02. The fourth-order valence-corrected chi connectivity index (χ4v) is 2.28. The van der Waals surface area contributed by atoms with E-state index in [1.807, 2.05) is 0 Å². The monoisotopic (exact) mass is 356 g/mol. The van der Waals surface area contributed by atoms with Crippen molar-refractivity contribution < 1.29 is 27.0 Å². The van der Waals surface area contributed by atoms with Crippen LogP contribution in [0, 0.1) is 17.3 Å². The lowest BCUT2D eigenvalue weighted by molar-refractivity contribution is -0.142. The largest absolute Gasteiger partial charge is 0.497 e. The van der Waals surface area contributed by atoms with Gasteiger partial charge in [0.15, 0.2) is 16.9 Å². The molecule has 2 rings (SSSR count). The molecule has 0 aliphatic carbocycles. The van der Waals surface area contributed by atoms with Gasteiger partial charge in [0.2, 0.25) is 5.95 Å². The maximum Gasteiger partial charge on any atom is 0.424 e. The molecule has 0 saturated heterocycles. The van der Waals surface area contributed by atoms with Gasteiger partial charge in [-0.25, -0.2) is 0 Å². The number of methoxy groups -OCH3 is 2. The minimum Gasteiger partial charge on any atom is -0.497 e. The second-order valence-corrected chi connectivity index (χ2v) is 4.92. The van der Waals surface area contributed by atoms with E-state index in [0.29, 0.717) is 11.3 Å². The van der Waals surface area contributed by atoms with Gasteiger partial charge >= 0.3 is 6.18 Å². The van der Waals surface area contributed by atoms with Gasteiger partial charge in [0.05, 0.1) is 20.8 Å². The zero-order chi connectivity index (χ0) is 18.8. The van der Waals surface area contributed by atoms with Crippen LogP contribution in [0.15, 0.2) is 29.1 Å². The highest BCUT2D eigenvalue weighted by molar-refractivity contribution is 5.48. The predicted octanol–water partition coefficient (Wildman–Crippen LogP) is 2.94. The highest BCUT2D eigenvalue weighted by atomic mass is 19.4. The van der Waals surface area contributed by atoms with Crippen LogP contribution in [0.25, 0.3) is 0 Å². The van der Waals surface area contributed by atoms with Crippen molar-refractivity contribution in [2.45, 2.75) is 12.7 Å². The number of alkyl halides is 3. The first-order valence-corrected chi connectivity index (χ1v) is 6.85. The van der Waals surface area contributed by atoms with Crippen LogP contribution in [0.1, 0.15) is 16.7 Å². The van der Waals surface area contributed by atoms with E-state index in [2.05, 4.69) is 4.74 Å². The molecule has 25 heavy (non-hydrogen) atoms. The summed E-state index contributed by atoms with van der Waals surface area (Å²) >= 11 is 0. The van der Waals surface area contributed by atoms with Crippen molar-refractivity contribution in [1.82, 2.24) is 4.57 Å². The number of rotatable bonds is 4. The lowest BCUT2D eigenvalue weighted by atomic mass is 10.1. The van der Waals surface area contributed by atoms with E-state index in [0.717, 1.165) is 7.11 Å². The molecule has 9 heteroatoms. The molecule has 1 aromatic carbocycles. The molecule has 5 nitrogen and oxygen atoms in total. The molecular formula is C16H12F4N2O3. The van der Waals surface area contributed by atoms with Gasteiger partial charge in [-0.2, -0.15) is 22.8 Å². The van der Waals surface area contributed by atoms with Crippen LogP contribution < -0.4 is 15.0 Å². The van der Waals surface area contributed by atoms with Gasteiger partial charge in [-0.05, 0) is 17.7 Å². The fraction of sp³-hybridized carbons (Fsp3) is 0.250. The summed E-state index contributed by atoms with van der Waals surface area (Å²) < 4.78 is 63.7. The number of nitrogens with zero attached hydrogens (tertiary/aromatic N) is 2. The number of nitriles is 1. The zero-order valence-electron chi connectivity index (χ0n) is 13.1.